The van der Waals surface area contributed by atoms with Crippen LogP contribution in [-0.4, -0.2) is 20.3 Å². The first-order valence-corrected chi connectivity index (χ1v) is 5.70. The van der Waals surface area contributed by atoms with Gasteiger partial charge in [-0.05, 0) is 40.9 Å². The number of halogens is 1. The number of unbranched alkanes of at least 4 members (excludes halogenated alkanes) is 1. The SMILES string of the molecule is COCCCCOc1cccc(N)c1Br. The third-order valence-electron chi connectivity index (χ3n) is 1.99. The van der Waals surface area contributed by atoms with Crippen LogP contribution in [0.25, 0.3) is 0 Å². The van der Waals surface area contributed by atoms with E-state index in [0.717, 1.165) is 29.7 Å². The summed E-state index contributed by atoms with van der Waals surface area (Å²) < 4.78 is 11.4. The maximum absolute atomic E-state index is 5.73. The largest absolute Gasteiger partial charge is 0.492 e. The maximum Gasteiger partial charge on any atom is 0.135 e. The minimum absolute atomic E-state index is 0.686. The molecule has 0 atom stereocenters. The molecule has 84 valence electrons. The second-order valence-corrected chi connectivity index (χ2v) is 4.00. The van der Waals surface area contributed by atoms with Gasteiger partial charge in [-0.25, -0.2) is 0 Å². The van der Waals surface area contributed by atoms with Gasteiger partial charge in [0.05, 0.1) is 11.1 Å². The van der Waals surface area contributed by atoms with Gasteiger partial charge in [0.25, 0.3) is 0 Å². The third-order valence-corrected chi connectivity index (χ3v) is 2.84. The molecule has 0 unspecified atom stereocenters. The maximum atomic E-state index is 5.73. The molecule has 0 fully saturated rings. The Balaban J connectivity index is 2.34. The molecule has 0 aliphatic heterocycles. The van der Waals surface area contributed by atoms with E-state index < -0.39 is 0 Å². The lowest BCUT2D eigenvalue weighted by Gasteiger charge is -2.09. The molecule has 0 radical (unpaired) electrons. The summed E-state index contributed by atoms with van der Waals surface area (Å²) in [6, 6.07) is 5.61. The van der Waals surface area contributed by atoms with Crippen LogP contribution in [0.15, 0.2) is 22.7 Å². The van der Waals surface area contributed by atoms with Crippen molar-refractivity contribution in [3.63, 3.8) is 0 Å². The van der Waals surface area contributed by atoms with Gasteiger partial charge in [0.15, 0.2) is 0 Å². The average molecular weight is 274 g/mol. The summed E-state index contributed by atoms with van der Waals surface area (Å²) >= 11 is 3.39. The highest BCUT2D eigenvalue weighted by Gasteiger charge is 2.03. The zero-order valence-electron chi connectivity index (χ0n) is 8.83. The average Bonchev–Trinajstić information content (AvgIpc) is 2.24. The lowest BCUT2D eigenvalue weighted by molar-refractivity contribution is 0.184. The van der Waals surface area contributed by atoms with Gasteiger partial charge in [0.1, 0.15) is 5.75 Å². The summed E-state index contributed by atoms with van der Waals surface area (Å²) in [5.74, 6) is 0.799. The van der Waals surface area contributed by atoms with Crippen molar-refractivity contribution in [3.05, 3.63) is 22.7 Å². The van der Waals surface area contributed by atoms with Gasteiger partial charge < -0.3 is 15.2 Å². The van der Waals surface area contributed by atoms with Crippen molar-refractivity contribution in [2.75, 3.05) is 26.1 Å². The highest BCUT2D eigenvalue weighted by atomic mass is 79.9. The highest BCUT2D eigenvalue weighted by Crippen LogP contribution is 2.30. The van der Waals surface area contributed by atoms with Crippen LogP contribution in [0.2, 0.25) is 0 Å². The normalized spacial score (nSPS) is 10.3. The number of benzene rings is 1. The molecule has 0 spiro atoms. The molecular formula is C11H16BrNO2. The Morgan fingerprint density at radius 3 is 2.73 bits per heavy atom. The first-order valence-electron chi connectivity index (χ1n) is 4.91. The van der Waals surface area contributed by atoms with E-state index in [1.165, 1.54) is 0 Å². The summed E-state index contributed by atoms with van der Waals surface area (Å²) in [5, 5.41) is 0. The number of rotatable bonds is 6. The van der Waals surface area contributed by atoms with E-state index >= 15 is 0 Å². The standard InChI is InChI=1S/C11H16BrNO2/c1-14-7-2-3-8-15-10-6-4-5-9(13)11(10)12/h4-6H,2-3,7-8,13H2,1H3. The second kappa shape index (κ2) is 6.69. The monoisotopic (exact) mass is 273 g/mol. The zero-order chi connectivity index (χ0) is 11.1. The quantitative estimate of drug-likeness (QED) is 0.640. The summed E-state index contributed by atoms with van der Waals surface area (Å²) in [4.78, 5) is 0. The summed E-state index contributed by atoms with van der Waals surface area (Å²) in [6.45, 7) is 1.47. The zero-order valence-corrected chi connectivity index (χ0v) is 10.4. The molecule has 0 saturated carbocycles. The van der Waals surface area contributed by atoms with E-state index in [0.29, 0.717) is 12.3 Å². The molecule has 0 bridgehead atoms. The molecule has 0 heterocycles. The van der Waals surface area contributed by atoms with Gasteiger partial charge in [0.2, 0.25) is 0 Å². The van der Waals surface area contributed by atoms with E-state index in [1.54, 1.807) is 7.11 Å². The number of nitrogens with two attached hydrogens (primary N) is 1. The summed E-state index contributed by atoms with van der Waals surface area (Å²) in [6.07, 6.45) is 1.99. The second-order valence-electron chi connectivity index (χ2n) is 3.21. The molecular weight excluding hydrogens is 258 g/mol. The van der Waals surface area contributed by atoms with Crippen LogP contribution >= 0.6 is 15.9 Å². The van der Waals surface area contributed by atoms with Crippen molar-refractivity contribution in [1.29, 1.82) is 0 Å². The van der Waals surface area contributed by atoms with Gasteiger partial charge in [-0.15, -0.1) is 0 Å². The van der Waals surface area contributed by atoms with Gasteiger partial charge in [-0.3, -0.25) is 0 Å². The molecule has 15 heavy (non-hydrogen) atoms. The Labute approximate surface area is 98.7 Å². The van der Waals surface area contributed by atoms with Crippen molar-refractivity contribution in [2.24, 2.45) is 0 Å². The minimum Gasteiger partial charge on any atom is -0.492 e. The molecule has 0 saturated heterocycles. The predicted octanol–water partition coefficient (Wildman–Crippen LogP) is 2.84. The molecule has 1 aromatic rings. The molecule has 0 aliphatic rings. The van der Waals surface area contributed by atoms with Gasteiger partial charge in [-0.2, -0.15) is 0 Å². The Bertz CT molecular complexity index is 305. The van der Waals surface area contributed by atoms with Crippen LogP contribution in [-0.2, 0) is 4.74 Å². The fraction of sp³-hybridized carbons (Fsp3) is 0.455. The summed E-state index contributed by atoms with van der Waals surface area (Å²) in [5.41, 5.74) is 6.42. The number of hydrogen-bond donors (Lipinski definition) is 1. The van der Waals surface area contributed by atoms with Crippen LogP contribution in [0, 0.1) is 0 Å². The molecule has 1 rings (SSSR count). The topological polar surface area (TPSA) is 44.5 Å². The van der Waals surface area contributed by atoms with Gasteiger partial charge in [0, 0.05) is 19.4 Å². The lowest BCUT2D eigenvalue weighted by atomic mass is 10.3. The number of ether oxygens (including phenoxy) is 2. The van der Waals surface area contributed by atoms with Crippen molar-refractivity contribution >= 4 is 21.6 Å². The van der Waals surface area contributed by atoms with Crippen LogP contribution < -0.4 is 10.5 Å². The minimum atomic E-state index is 0.686. The molecule has 4 heteroatoms. The van der Waals surface area contributed by atoms with Crippen molar-refractivity contribution in [1.82, 2.24) is 0 Å². The summed E-state index contributed by atoms with van der Waals surface area (Å²) in [7, 11) is 1.70. The van der Waals surface area contributed by atoms with Crippen LogP contribution in [0.1, 0.15) is 12.8 Å². The van der Waals surface area contributed by atoms with E-state index in [9.17, 15) is 0 Å². The lowest BCUT2D eigenvalue weighted by Crippen LogP contribution is -2.00. The van der Waals surface area contributed by atoms with Crippen molar-refractivity contribution in [2.45, 2.75) is 12.8 Å². The van der Waals surface area contributed by atoms with Crippen molar-refractivity contribution < 1.29 is 9.47 Å². The molecule has 0 amide bonds. The molecule has 2 N–H and O–H groups in total. The van der Waals surface area contributed by atoms with Crippen molar-refractivity contribution in [3.8, 4) is 5.75 Å². The molecule has 1 aromatic carbocycles. The fourth-order valence-electron chi connectivity index (χ4n) is 1.17. The van der Waals surface area contributed by atoms with Crippen LogP contribution in [0.3, 0.4) is 0 Å². The predicted molar refractivity (Wildman–Crippen MR) is 65.2 cm³/mol. The van der Waals surface area contributed by atoms with E-state index in [-0.39, 0.29) is 0 Å². The molecule has 3 nitrogen and oxygen atoms in total. The fourth-order valence-corrected chi connectivity index (χ4v) is 1.55. The molecule has 0 aliphatic carbocycles. The Hall–Kier alpha value is -0.740. The van der Waals surface area contributed by atoms with Gasteiger partial charge in [-0.1, -0.05) is 6.07 Å². The Morgan fingerprint density at radius 1 is 1.27 bits per heavy atom. The number of methoxy groups -OCH3 is 1. The van der Waals surface area contributed by atoms with E-state index in [1.807, 2.05) is 18.2 Å². The van der Waals surface area contributed by atoms with Crippen LogP contribution in [0.4, 0.5) is 5.69 Å². The van der Waals surface area contributed by atoms with Gasteiger partial charge >= 0.3 is 0 Å². The Morgan fingerprint density at radius 2 is 2.00 bits per heavy atom. The smallest absolute Gasteiger partial charge is 0.135 e. The number of hydrogen-bond acceptors (Lipinski definition) is 3. The number of nitrogen functional groups attached to an aromatic ring is 1. The molecule has 0 aromatic heterocycles. The van der Waals surface area contributed by atoms with Crippen LogP contribution in [0.5, 0.6) is 5.75 Å². The first kappa shape index (κ1) is 12.3. The van der Waals surface area contributed by atoms with E-state index in [2.05, 4.69) is 15.9 Å². The third kappa shape index (κ3) is 4.10. The highest BCUT2D eigenvalue weighted by molar-refractivity contribution is 9.10. The van der Waals surface area contributed by atoms with E-state index in [4.69, 9.17) is 15.2 Å². The number of anilines is 1. The Kier molecular flexibility index (Phi) is 5.50. The first-order chi connectivity index (χ1) is 7.25.